The van der Waals surface area contributed by atoms with Crippen LogP contribution in [0.2, 0.25) is 0 Å². The summed E-state index contributed by atoms with van der Waals surface area (Å²) in [6.45, 7) is 7.34. The minimum absolute atomic E-state index is 0.0841. The minimum atomic E-state index is -0.693. The van der Waals surface area contributed by atoms with Gasteiger partial charge in [-0.15, -0.1) is 0 Å². The van der Waals surface area contributed by atoms with Crippen molar-refractivity contribution in [2.75, 3.05) is 0 Å². The summed E-state index contributed by atoms with van der Waals surface area (Å²) in [5, 5.41) is 15.3. The molecule has 40 heavy (non-hydrogen) atoms. The normalized spacial score (nSPS) is 23.6. The van der Waals surface area contributed by atoms with Gasteiger partial charge in [0.15, 0.2) is 0 Å². The fourth-order valence-electron chi connectivity index (χ4n) is 6.47. The van der Waals surface area contributed by atoms with Crippen LogP contribution in [0.15, 0.2) is 90.1 Å². The smallest absolute Gasteiger partial charge is 0.334 e. The number of rotatable bonds is 8. The van der Waals surface area contributed by atoms with Crippen LogP contribution >= 0.6 is 0 Å². The average Bonchev–Trinajstić information content (AvgIpc) is 3.27. The van der Waals surface area contributed by atoms with Crippen molar-refractivity contribution in [2.45, 2.75) is 53.1 Å². The highest BCUT2D eigenvalue weighted by molar-refractivity contribution is 6.02. The zero-order valence-electron chi connectivity index (χ0n) is 23.0. The number of carbonyl (C=O) groups excluding carboxylic acids is 2. The molecule has 3 aromatic rings. The summed E-state index contributed by atoms with van der Waals surface area (Å²) >= 11 is 0. The van der Waals surface area contributed by atoms with Gasteiger partial charge in [-0.1, -0.05) is 86.6 Å². The predicted molar refractivity (Wildman–Crippen MR) is 151 cm³/mol. The van der Waals surface area contributed by atoms with Gasteiger partial charge < -0.3 is 9.74 Å². The number of hydrogen-bond donors (Lipinski definition) is 0. The van der Waals surface area contributed by atoms with Gasteiger partial charge in [0, 0.05) is 37.1 Å². The van der Waals surface area contributed by atoms with E-state index in [1.807, 2.05) is 65.6 Å². The Morgan fingerprint density at radius 1 is 0.875 bits per heavy atom. The van der Waals surface area contributed by atoms with E-state index in [-0.39, 0.29) is 17.2 Å². The molecule has 8 nitrogen and oxygen atoms in total. The highest BCUT2D eigenvalue weighted by Crippen LogP contribution is 2.71. The number of nitro benzene ring substituents is 1. The number of oxime groups is 1. The van der Waals surface area contributed by atoms with E-state index in [1.165, 1.54) is 24.3 Å². The lowest BCUT2D eigenvalue weighted by Gasteiger charge is -2.42. The van der Waals surface area contributed by atoms with Crippen LogP contribution in [0, 0.1) is 26.4 Å². The molecule has 0 spiro atoms. The monoisotopic (exact) mass is 539 g/mol. The minimum Gasteiger partial charge on any atom is -0.334 e. The maximum atomic E-state index is 14.6. The summed E-state index contributed by atoms with van der Waals surface area (Å²) in [7, 11) is 0. The zero-order chi connectivity index (χ0) is 28.5. The molecule has 2 aliphatic carbocycles. The van der Waals surface area contributed by atoms with Gasteiger partial charge in [-0.25, -0.2) is 4.79 Å². The van der Waals surface area contributed by atoms with Gasteiger partial charge in [-0.2, -0.15) is 0 Å². The van der Waals surface area contributed by atoms with Crippen molar-refractivity contribution in [3.05, 3.63) is 112 Å². The van der Waals surface area contributed by atoms with Crippen molar-refractivity contribution in [3.63, 3.8) is 0 Å². The first-order valence-corrected chi connectivity index (χ1v) is 13.5. The number of amides is 1. The van der Waals surface area contributed by atoms with Crippen LogP contribution < -0.4 is 0 Å². The SMILES string of the molecule is CC12CCC(C(=O)N(Cc3ccccc3)Cc3ccccc3)(CC1=NOC(=O)c1ccc([N+](=O)[O-])cc1)C2(C)C. The van der Waals surface area contributed by atoms with Gasteiger partial charge in [0.05, 0.1) is 21.6 Å². The molecule has 0 aromatic heterocycles. The number of non-ortho nitro benzene ring substituents is 1. The number of benzene rings is 3. The summed E-state index contributed by atoms with van der Waals surface area (Å²) in [5.41, 5.74) is 1.34. The first-order chi connectivity index (χ1) is 19.1. The molecule has 8 heteroatoms. The van der Waals surface area contributed by atoms with E-state index in [1.54, 1.807) is 0 Å². The Labute approximate surface area is 233 Å². The lowest BCUT2D eigenvalue weighted by molar-refractivity contribution is -0.384. The summed E-state index contributed by atoms with van der Waals surface area (Å²) in [6, 6.07) is 25.2. The van der Waals surface area contributed by atoms with Gasteiger partial charge in [-0.3, -0.25) is 14.9 Å². The van der Waals surface area contributed by atoms with Crippen LogP contribution in [-0.4, -0.2) is 27.4 Å². The van der Waals surface area contributed by atoms with E-state index in [9.17, 15) is 19.7 Å². The molecule has 0 heterocycles. The van der Waals surface area contributed by atoms with Crippen LogP contribution in [0.3, 0.4) is 0 Å². The third-order valence-electron chi connectivity index (χ3n) is 9.42. The Hall–Kier alpha value is -4.33. The van der Waals surface area contributed by atoms with Crippen LogP contribution in [0.1, 0.15) is 61.5 Å². The molecule has 2 bridgehead atoms. The highest BCUT2D eigenvalue weighted by Gasteiger charge is 2.72. The fourth-order valence-corrected chi connectivity index (χ4v) is 6.47. The second-order valence-corrected chi connectivity index (χ2v) is 11.6. The van der Waals surface area contributed by atoms with E-state index in [0.29, 0.717) is 25.2 Å². The topological polar surface area (TPSA) is 102 Å². The molecule has 1 amide bonds. The molecular weight excluding hydrogens is 506 g/mol. The van der Waals surface area contributed by atoms with Crippen molar-refractivity contribution in [1.29, 1.82) is 0 Å². The summed E-state index contributed by atoms with van der Waals surface area (Å²) < 4.78 is 0. The second-order valence-electron chi connectivity index (χ2n) is 11.6. The Bertz CT molecular complexity index is 1410. The maximum absolute atomic E-state index is 14.6. The molecule has 3 aromatic carbocycles. The van der Waals surface area contributed by atoms with Crippen LogP contribution in [0.5, 0.6) is 0 Å². The van der Waals surface area contributed by atoms with Gasteiger partial charge in [0.1, 0.15) is 0 Å². The van der Waals surface area contributed by atoms with Crippen molar-refractivity contribution >= 4 is 23.3 Å². The lowest BCUT2D eigenvalue weighted by Crippen LogP contribution is -2.48. The molecule has 0 radical (unpaired) electrons. The molecule has 0 aliphatic heterocycles. The Morgan fingerprint density at radius 2 is 1.43 bits per heavy atom. The second kappa shape index (κ2) is 10.3. The maximum Gasteiger partial charge on any atom is 0.365 e. The summed E-state index contributed by atoms with van der Waals surface area (Å²) in [6.07, 6.45) is 1.89. The first kappa shape index (κ1) is 27.2. The number of carbonyl (C=O) groups is 2. The van der Waals surface area contributed by atoms with E-state index in [4.69, 9.17) is 4.84 Å². The summed E-state index contributed by atoms with van der Waals surface area (Å²) in [5.74, 6) is -0.609. The predicted octanol–water partition coefficient (Wildman–Crippen LogP) is 6.55. The Kier molecular flexibility index (Phi) is 7.04. The summed E-state index contributed by atoms with van der Waals surface area (Å²) in [4.78, 5) is 45.0. The molecule has 5 rings (SSSR count). The molecule has 2 aliphatic rings. The molecule has 2 unspecified atom stereocenters. The van der Waals surface area contributed by atoms with E-state index < -0.39 is 27.1 Å². The van der Waals surface area contributed by atoms with Crippen molar-refractivity contribution < 1.29 is 19.3 Å². The largest absolute Gasteiger partial charge is 0.365 e. The van der Waals surface area contributed by atoms with Gasteiger partial charge in [-0.05, 0) is 41.5 Å². The Morgan fingerprint density at radius 3 is 1.95 bits per heavy atom. The molecule has 0 saturated heterocycles. The quantitative estimate of drug-likeness (QED) is 0.183. The third-order valence-corrected chi connectivity index (χ3v) is 9.42. The molecule has 2 saturated carbocycles. The zero-order valence-corrected chi connectivity index (χ0v) is 23.0. The lowest BCUT2D eigenvalue weighted by atomic mass is 9.64. The van der Waals surface area contributed by atoms with E-state index >= 15 is 0 Å². The molecule has 0 N–H and O–H groups in total. The molecular formula is C32H33N3O5. The number of hydrogen-bond acceptors (Lipinski definition) is 6. The number of nitrogens with zero attached hydrogens (tertiary/aromatic N) is 3. The van der Waals surface area contributed by atoms with Crippen molar-refractivity contribution in [3.8, 4) is 0 Å². The molecule has 206 valence electrons. The van der Waals surface area contributed by atoms with Gasteiger partial charge in [0.2, 0.25) is 5.91 Å². The standard InChI is InChI=1S/C32H33N3O5/c1-30(2)31(3)18-19-32(30,20-27(31)33-40-28(36)25-14-16-26(17-15-25)35(38)39)29(37)34(21-23-10-6-4-7-11-23)22-24-12-8-5-9-13-24/h4-17H,18-22H2,1-3H3. The average molecular weight is 540 g/mol. The molecule has 2 atom stereocenters. The van der Waals surface area contributed by atoms with Crippen molar-refractivity contribution in [1.82, 2.24) is 4.90 Å². The Balaban J connectivity index is 1.42. The van der Waals surface area contributed by atoms with E-state index in [0.717, 1.165) is 24.0 Å². The number of nitro groups is 1. The third kappa shape index (κ3) is 4.57. The van der Waals surface area contributed by atoms with Crippen LogP contribution in [0.4, 0.5) is 5.69 Å². The van der Waals surface area contributed by atoms with Gasteiger partial charge >= 0.3 is 5.97 Å². The van der Waals surface area contributed by atoms with E-state index in [2.05, 4.69) is 25.9 Å². The number of fused-ring (bicyclic) bond motifs is 2. The highest BCUT2D eigenvalue weighted by atomic mass is 16.7. The fraction of sp³-hybridized carbons (Fsp3) is 0.344. The molecule has 2 fully saturated rings. The van der Waals surface area contributed by atoms with Gasteiger partial charge in [0.25, 0.3) is 5.69 Å². The van der Waals surface area contributed by atoms with Crippen LogP contribution in [-0.2, 0) is 22.7 Å². The van der Waals surface area contributed by atoms with Crippen molar-refractivity contribution in [2.24, 2.45) is 21.4 Å². The first-order valence-electron chi connectivity index (χ1n) is 13.5. The van der Waals surface area contributed by atoms with Crippen LogP contribution in [0.25, 0.3) is 0 Å².